The second-order valence-electron chi connectivity index (χ2n) is 11.0. The van der Waals surface area contributed by atoms with E-state index in [-0.39, 0.29) is 29.5 Å². The van der Waals surface area contributed by atoms with Crippen molar-refractivity contribution in [2.45, 2.75) is 62.7 Å². The maximum atomic E-state index is 13.9. The molecule has 3 amide bonds. The van der Waals surface area contributed by atoms with Gasteiger partial charge in [-0.25, -0.2) is 4.79 Å². The van der Waals surface area contributed by atoms with Gasteiger partial charge in [-0.05, 0) is 50.2 Å². The lowest BCUT2D eigenvalue weighted by Crippen LogP contribution is -2.49. The molecule has 0 N–H and O–H groups in total. The van der Waals surface area contributed by atoms with E-state index >= 15 is 0 Å². The SMILES string of the molecule is O=C(N1CCSCC1)N1CCC(n2ncc(C(=O)N3CCCC3c3ccccc3C(F)(F)F)c2C2CC2)CC1. The summed E-state index contributed by atoms with van der Waals surface area (Å²) in [5.41, 5.74) is 0.948. The van der Waals surface area contributed by atoms with Crippen LogP contribution >= 0.6 is 11.8 Å². The molecule has 2 aromatic rings. The van der Waals surface area contributed by atoms with E-state index in [9.17, 15) is 22.8 Å². The fourth-order valence-electron chi connectivity index (χ4n) is 6.38. The number of benzene rings is 1. The van der Waals surface area contributed by atoms with Crippen molar-refractivity contribution in [1.29, 1.82) is 0 Å². The standard InChI is InChI=1S/C28H34F3N5O2S/c29-28(30,31)23-5-2-1-4-21(23)24-6-3-11-35(24)26(37)22-18-32-36(25(22)19-7-8-19)20-9-12-33(13-10-20)27(38)34-14-16-39-17-15-34/h1-2,4-5,18-20,24H,3,6-17H2. The summed E-state index contributed by atoms with van der Waals surface area (Å²) in [6.07, 6.45) is 1.84. The summed E-state index contributed by atoms with van der Waals surface area (Å²) < 4.78 is 43.3. The number of rotatable bonds is 4. The number of piperidine rings is 1. The molecule has 1 unspecified atom stereocenters. The van der Waals surface area contributed by atoms with Crippen molar-refractivity contribution in [1.82, 2.24) is 24.5 Å². The zero-order chi connectivity index (χ0) is 27.1. The largest absolute Gasteiger partial charge is 0.416 e. The third-order valence-corrected chi connectivity index (χ3v) is 9.47. The first-order valence-corrected chi connectivity index (χ1v) is 15.1. The van der Waals surface area contributed by atoms with Crippen LogP contribution in [-0.2, 0) is 6.18 Å². The fourth-order valence-corrected chi connectivity index (χ4v) is 7.28. The van der Waals surface area contributed by atoms with E-state index in [0.29, 0.717) is 38.0 Å². The maximum Gasteiger partial charge on any atom is 0.416 e. The Kier molecular flexibility index (Phi) is 7.28. The van der Waals surface area contributed by atoms with Crippen molar-refractivity contribution in [3.63, 3.8) is 0 Å². The quantitative estimate of drug-likeness (QED) is 0.490. The number of aromatic nitrogens is 2. The van der Waals surface area contributed by atoms with Crippen molar-refractivity contribution in [2.75, 3.05) is 44.2 Å². The van der Waals surface area contributed by atoms with E-state index in [1.807, 2.05) is 26.2 Å². The highest BCUT2D eigenvalue weighted by Crippen LogP contribution is 2.45. The highest BCUT2D eigenvalue weighted by Gasteiger charge is 2.42. The Labute approximate surface area is 230 Å². The lowest BCUT2D eigenvalue weighted by Gasteiger charge is -2.37. The zero-order valence-corrected chi connectivity index (χ0v) is 22.7. The summed E-state index contributed by atoms with van der Waals surface area (Å²) in [5.74, 6) is 1.99. The van der Waals surface area contributed by atoms with Gasteiger partial charge in [0.15, 0.2) is 0 Å². The molecule has 1 aliphatic carbocycles. The summed E-state index contributed by atoms with van der Waals surface area (Å²) in [4.78, 5) is 32.3. The second-order valence-corrected chi connectivity index (χ2v) is 12.2. The number of hydrogen-bond acceptors (Lipinski definition) is 4. The Bertz CT molecular complexity index is 1220. The predicted octanol–water partition coefficient (Wildman–Crippen LogP) is 5.56. The van der Waals surface area contributed by atoms with E-state index < -0.39 is 17.8 Å². The Morgan fingerprint density at radius 1 is 0.897 bits per heavy atom. The minimum Gasteiger partial charge on any atom is -0.331 e. The van der Waals surface area contributed by atoms with Gasteiger partial charge in [-0.3, -0.25) is 9.48 Å². The number of likely N-dealkylation sites (tertiary alicyclic amines) is 2. The van der Waals surface area contributed by atoms with Crippen molar-refractivity contribution >= 4 is 23.7 Å². The van der Waals surface area contributed by atoms with Crippen LogP contribution in [0.15, 0.2) is 30.5 Å². The minimum absolute atomic E-state index is 0.100. The molecule has 4 aliphatic rings. The molecule has 210 valence electrons. The van der Waals surface area contributed by atoms with Crippen LogP contribution in [0.25, 0.3) is 0 Å². The topological polar surface area (TPSA) is 61.7 Å². The summed E-state index contributed by atoms with van der Waals surface area (Å²) in [6, 6.07) is 5.23. The molecule has 39 heavy (non-hydrogen) atoms. The maximum absolute atomic E-state index is 13.9. The van der Waals surface area contributed by atoms with Gasteiger partial charge in [0, 0.05) is 50.1 Å². The molecule has 7 nitrogen and oxygen atoms in total. The molecule has 0 radical (unpaired) electrons. The molecule has 6 rings (SSSR count). The molecule has 0 bridgehead atoms. The van der Waals surface area contributed by atoms with Crippen LogP contribution in [0, 0.1) is 0 Å². The first kappa shape index (κ1) is 26.5. The van der Waals surface area contributed by atoms with Crippen LogP contribution in [0.5, 0.6) is 0 Å². The summed E-state index contributed by atoms with van der Waals surface area (Å²) in [7, 11) is 0. The summed E-state index contributed by atoms with van der Waals surface area (Å²) in [6.45, 7) is 3.34. The lowest BCUT2D eigenvalue weighted by molar-refractivity contribution is -0.138. The van der Waals surface area contributed by atoms with E-state index in [2.05, 4.69) is 5.10 Å². The predicted molar refractivity (Wildman–Crippen MR) is 143 cm³/mol. The monoisotopic (exact) mass is 561 g/mol. The van der Waals surface area contributed by atoms with Gasteiger partial charge in [0.2, 0.25) is 0 Å². The number of amides is 3. The molecule has 11 heteroatoms. The Morgan fingerprint density at radius 2 is 1.59 bits per heavy atom. The van der Waals surface area contributed by atoms with E-state index in [1.54, 1.807) is 17.2 Å². The van der Waals surface area contributed by atoms with Crippen LogP contribution in [-0.4, -0.2) is 80.6 Å². The van der Waals surface area contributed by atoms with E-state index in [0.717, 1.165) is 62.0 Å². The smallest absolute Gasteiger partial charge is 0.331 e. The molecule has 1 atom stereocenters. The molecule has 3 saturated heterocycles. The van der Waals surface area contributed by atoms with Gasteiger partial charge < -0.3 is 14.7 Å². The van der Waals surface area contributed by atoms with Gasteiger partial charge in [0.1, 0.15) is 0 Å². The molecule has 0 spiro atoms. The van der Waals surface area contributed by atoms with Crippen LogP contribution in [0.4, 0.5) is 18.0 Å². The summed E-state index contributed by atoms with van der Waals surface area (Å²) >= 11 is 1.88. The van der Waals surface area contributed by atoms with Crippen LogP contribution in [0.3, 0.4) is 0 Å². The van der Waals surface area contributed by atoms with Crippen molar-refractivity contribution in [3.05, 3.63) is 52.8 Å². The number of carbonyl (C=O) groups excluding carboxylic acids is 2. The third-order valence-electron chi connectivity index (χ3n) is 8.53. The highest BCUT2D eigenvalue weighted by molar-refractivity contribution is 7.99. The van der Waals surface area contributed by atoms with Gasteiger partial charge in [-0.1, -0.05) is 18.2 Å². The normalized spacial score (nSPS) is 22.9. The second kappa shape index (κ2) is 10.7. The fraction of sp³-hybridized carbons (Fsp3) is 0.607. The number of urea groups is 1. The van der Waals surface area contributed by atoms with Crippen molar-refractivity contribution in [3.8, 4) is 0 Å². The van der Waals surface area contributed by atoms with Gasteiger partial charge in [0.25, 0.3) is 5.91 Å². The highest BCUT2D eigenvalue weighted by atomic mass is 32.2. The Morgan fingerprint density at radius 3 is 2.28 bits per heavy atom. The van der Waals surface area contributed by atoms with E-state index in [1.165, 1.54) is 12.1 Å². The number of carbonyl (C=O) groups is 2. The molecule has 3 aliphatic heterocycles. The average Bonchev–Trinajstić information content (AvgIpc) is 3.50. The third kappa shape index (κ3) is 5.26. The van der Waals surface area contributed by atoms with Gasteiger partial charge in [0.05, 0.1) is 35.1 Å². The minimum atomic E-state index is -4.47. The first-order chi connectivity index (χ1) is 18.8. The molecule has 4 fully saturated rings. The first-order valence-electron chi connectivity index (χ1n) is 14.0. The number of hydrogen-bond donors (Lipinski definition) is 0. The molecule has 4 heterocycles. The van der Waals surface area contributed by atoms with Crippen molar-refractivity contribution < 1.29 is 22.8 Å². The van der Waals surface area contributed by atoms with Crippen LogP contribution in [0.2, 0.25) is 0 Å². The van der Waals surface area contributed by atoms with Crippen LogP contribution < -0.4 is 0 Å². The van der Waals surface area contributed by atoms with Crippen LogP contribution in [0.1, 0.15) is 83.7 Å². The average molecular weight is 562 g/mol. The van der Waals surface area contributed by atoms with E-state index in [4.69, 9.17) is 0 Å². The van der Waals surface area contributed by atoms with Crippen molar-refractivity contribution in [2.24, 2.45) is 0 Å². The molecular weight excluding hydrogens is 527 g/mol. The van der Waals surface area contributed by atoms with Gasteiger partial charge in [-0.2, -0.15) is 30.0 Å². The molecule has 1 aromatic carbocycles. The number of nitrogens with zero attached hydrogens (tertiary/aromatic N) is 5. The molecule has 1 saturated carbocycles. The Balaban J connectivity index is 1.20. The zero-order valence-electron chi connectivity index (χ0n) is 21.9. The number of alkyl halides is 3. The molecule has 1 aromatic heterocycles. The Hall–Kier alpha value is -2.69. The lowest BCUT2D eigenvalue weighted by atomic mass is 9.97. The van der Waals surface area contributed by atoms with Gasteiger partial charge >= 0.3 is 12.2 Å². The number of thioether (sulfide) groups is 1. The molecular formula is C28H34F3N5O2S. The summed E-state index contributed by atoms with van der Waals surface area (Å²) in [5, 5.41) is 4.68. The van der Waals surface area contributed by atoms with Gasteiger partial charge in [-0.15, -0.1) is 0 Å². The number of halogens is 3.